The van der Waals surface area contributed by atoms with Crippen LogP contribution in [0.4, 0.5) is 0 Å². The summed E-state index contributed by atoms with van der Waals surface area (Å²) in [5.74, 6) is 0.252. The van der Waals surface area contributed by atoms with Gasteiger partial charge in [0.25, 0.3) is 0 Å². The fraction of sp³-hybridized carbons (Fsp3) is 1.00. The number of halogens is 2. The predicted octanol–water partition coefficient (Wildman–Crippen LogP) is 2.13. The van der Waals surface area contributed by atoms with Crippen molar-refractivity contribution >= 4 is 32.1 Å². The Balaban J connectivity index is 3.15. The van der Waals surface area contributed by atoms with Crippen LogP contribution in [0.25, 0.3) is 0 Å². The smallest absolute Gasteiger partial charge is 0.0671 e. The first kappa shape index (κ1) is 7.85. The third kappa shape index (κ3) is 6.85. The van der Waals surface area contributed by atoms with E-state index in [1.54, 1.807) is 0 Å². The monoisotopic (exact) mass is 164 g/mol. The van der Waals surface area contributed by atoms with Crippen LogP contribution < -0.4 is 0 Å². The zero-order chi connectivity index (χ0) is 5.91. The molecule has 0 aromatic heterocycles. The molecule has 46 valence electrons. The molecule has 0 saturated heterocycles. The zero-order valence-corrected chi connectivity index (χ0v) is 5.80. The van der Waals surface area contributed by atoms with E-state index in [9.17, 15) is 0 Å². The van der Waals surface area contributed by atoms with Gasteiger partial charge in [-0.2, -0.15) is 0 Å². The SMILES string of the molecule is OS(O)(Cl)CCCl. The maximum absolute atomic E-state index is 8.34. The Bertz CT molecular complexity index is 52.1. The molecule has 0 aliphatic rings. The van der Waals surface area contributed by atoms with Gasteiger partial charge in [-0.1, -0.05) is 0 Å². The Morgan fingerprint density at radius 3 is 1.86 bits per heavy atom. The van der Waals surface area contributed by atoms with Crippen LogP contribution in [0.15, 0.2) is 0 Å². The van der Waals surface area contributed by atoms with Crippen molar-refractivity contribution < 1.29 is 9.11 Å². The third-order valence-corrected chi connectivity index (χ3v) is 1.94. The average molecular weight is 165 g/mol. The maximum atomic E-state index is 8.34. The molecule has 2 nitrogen and oxygen atoms in total. The van der Waals surface area contributed by atoms with E-state index in [1.165, 1.54) is 0 Å². The fourth-order valence-electron chi connectivity index (χ4n) is 0.0982. The molecule has 0 saturated carbocycles. The first-order valence-corrected chi connectivity index (χ1v) is 4.65. The standard InChI is InChI=1S/C2H6Cl2O2S/c3-1-2-7(4,5)6/h5-6H,1-2H2. The molecule has 0 unspecified atom stereocenters. The molecular weight excluding hydrogens is 159 g/mol. The van der Waals surface area contributed by atoms with Crippen LogP contribution in [-0.4, -0.2) is 20.7 Å². The van der Waals surface area contributed by atoms with Crippen LogP contribution in [0.3, 0.4) is 0 Å². The highest BCUT2D eigenvalue weighted by Crippen LogP contribution is 2.43. The van der Waals surface area contributed by atoms with Crippen LogP contribution in [-0.2, 0) is 0 Å². The van der Waals surface area contributed by atoms with E-state index >= 15 is 0 Å². The first-order valence-electron chi connectivity index (χ1n) is 1.58. The summed E-state index contributed by atoms with van der Waals surface area (Å²) in [4.78, 5) is 0. The topological polar surface area (TPSA) is 40.5 Å². The van der Waals surface area contributed by atoms with Crippen molar-refractivity contribution in [1.82, 2.24) is 0 Å². The van der Waals surface area contributed by atoms with E-state index in [0.29, 0.717) is 0 Å². The van der Waals surface area contributed by atoms with Crippen molar-refractivity contribution in [2.45, 2.75) is 0 Å². The van der Waals surface area contributed by atoms with Crippen molar-refractivity contribution in [3.05, 3.63) is 0 Å². The van der Waals surface area contributed by atoms with Crippen molar-refractivity contribution in [2.24, 2.45) is 0 Å². The molecule has 5 heteroatoms. The predicted molar refractivity (Wildman–Crippen MR) is 34.3 cm³/mol. The van der Waals surface area contributed by atoms with E-state index in [0.717, 1.165) is 0 Å². The molecule has 2 N–H and O–H groups in total. The lowest BCUT2D eigenvalue weighted by atomic mass is 11.0. The van der Waals surface area contributed by atoms with Crippen molar-refractivity contribution in [3.8, 4) is 0 Å². The van der Waals surface area contributed by atoms with Gasteiger partial charge < -0.3 is 0 Å². The molecule has 0 fully saturated rings. The van der Waals surface area contributed by atoms with Gasteiger partial charge in [0.1, 0.15) is 0 Å². The van der Waals surface area contributed by atoms with Crippen LogP contribution in [0, 0.1) is 0 Å². The Labute approximate surface area is 53.3 Å². The molecule has 7 heavy (non-hydrogen) atoms. The van der Waals surface area contributed by atoms with Gasteiger partial charge in [-0.15, -0.1) is 21.4 Å². The van der Waals surface area contributed by atoms with Gasteiger partial charge in [-0.3, -0.25) is 9.11 Å². The minimum atomic E-state index is -2.83. The average Bonchev–Trinajstić information content (AvgIpc) is 1.30. The van der Waals surface area contributed by atoms with Crippen LogP contribution in [0.5, 0.6) is 0 Å². The first-order chi connectivity index (χ1) is 3.06. The Morgan fingerprint density at radius 1 is 1.43 bits per heavy atom. The second-order valence-electron chi connectivity index (χ2n) is 0.980. The van der Waals surface area contributed by atoms with Gasteiger partial charge in [-0.05, 0) is 0 Å². The van der Waals surface area contributed by atoms with Gasteiger partial charge in [0.15, 0.2) is 0 Å². The van der Waals surface area contributed by atoms with Crippen LogP contribution in [0.1, 0.15) is 0 Å². The maximum Gasteiger partial charge on any atom is 0.0671 e. The van der Waals surface area contributed by atoms with Gasteiger partial charge in [-0.25, -0.2) is 0 Å². The lowest BCUT2D eigenvalue weighted by Crippen LogP contribution is -1.94. The van der Waals surface area contributed by atoms with Gasteiger partial charge in [0.2, 0.25) is 0 Å². The molecule has 0 aliphatic carbocycles. The molecule has 0 spiro atoms. The van der Waals surface area contributed by atoms with E-state index < -0.39 is 9.80 Å². The number of hydrogen-bond acceptors (Lipinski definition) is 2. The molecule has 0 amide bonds. The molecule has 0 heterocycles. The summed E-state index contributed by atoms with van der Waals surface area (Å²) in [6.45, 7) is 0. The quantitative estimate of drug-likeness (QED) is 0.615. The highest BCUT2D eigenvalue weighted by atomic mass is 35.7. The molecule has 0 rings (SSSR count). The summed E-state index contributed by atoms with van der Waals surface area (Å²) in [6.07, 6.45) is 0. The number of rotatable bonds is 2. The van der Waals surface area contributed by atoms with Gasteiger partial charge in [0, 0.05) is 16.6 Å². The molecule has 0 atom stereocenters. The largest absolute Gasteiger partial charge is 0.285 e. The second kappa shape index (κ2) is 2.99. The Hall–Kier alpha value is 0.850. The fourth-order valence-corrected chi connectivity index (χ4v) is 1.41. The van der Waals surface area contributed by atoms with Crippen molar-refractivity contribution in [1.29, 1.82) is 0 Å². The molecule has 0 aromatic rings. The summed E-state index contributed by atoms with van der Waals surface area (Å²) < 4.78 is 16.7. The second-order valence-corrected chi connectivity index (χ2v) is 4.42. The highest BCUT2D eigenvalue weighted by Gasteiger charge is 2.03. The third-order valence-electron chi connectivity index (χ3n) is 0.337. The summed E-state index contributed by atoms with van der Waals surface area (Å²) in [7, 11) is 2.11. The van der Waals surface area contributed by atoms with Crippen molar-refractivity contribution in [3.63, 3.8) is 0 Å². The summed E-state index contributed by atoms with van der Waals surface area (Å²) in [6, 6.07) is 0. The summed E-state index contributed by atoms with van der Waals surface area (Å²) in [5, 5.41) is 0. The molecule has 0 aromatic carbocycles. The number of hydrogen-bond donors (Lipinski definition) is 2. The zero-order valence-electron chi connectivity index (χ0n) is 3.47. The molecule has 0 radical (unpaired) electrons. The van der Waals surface area contributed by atoms with Gasteiger partial charge in [0.05, 0.1) is 5.75 Å². The normalized spacial score (nSPS) is 14.3. The lowest BCUT2D eigenvalue weighted by Gasteiger charge is -2.20. The van der Waals surface area contributed by atoms with E-state index in [4.69, 9.17) is 31.4 Å². The van der Waals surface area contributed by atoms with E-state index in [2.05, 4.69) is 0 Å². The lowest BCUT2D eigenvalue weighted by molar-refractivity contribution is 0.509. The summed E-state index contributed by atoms with van der Waals surface area (Å²) in [5.41, 5.74) is 0. The minimum Gasteiger partial charge on any atom is -0.285 e. The molecule has 0 aliphatic heterocycles. The molecule has 0 bridgehead atoms. The van der Waals surface area contributed by atoms with Crippen molar-refractivity contribution in [2.75, 3.05) is 11.6 Å². The van der Waals surface area contributed by atoms with Gasteiger partial charge >= 0.3 is 0 Å². The number of alkyl halides is 1. The Kier molecular flexibility index (Phi) is 3.36. The van der Waals surface area contributed by atoms with Crippen LogP contribution >= 0.6 is 32.1 Å². The highest BCUT2D eigenvalue weighted by molar-refractivity contribution is 8.43. The minimum absolute atomic E-state index is 0.0656. The van der Waals surface area contributed by atoms with E-state index in [-0.39, 0.29) is 11.6 Å². The summed E-state index contributed by atoms with van der Waals surface area (Å²) >= 11 is 5.10. The van der Waals surface area contributed by atoms with E-state index in [1.807, 2.05) is 0 Å². The van der Waals surface area contributed by atoms with Crippen LogP contribution in [0.2, 0.25) is 0 Å². The Morgan fingerprint density at radius 2 is 1.86 bits per heavy atom. The molecular formula is C2H6Cl2O2S.